The second-order valence-electron chi connectivity index (χ2n) is 7.85. The molecule has 2 heterocycles. The summed E-state index contributed by atoms with van der Waals surface area (Å²) in [4.78, 5) is 13.6. The Labute approximate surface area is 170 Å². The Morgan fingerprint density at radius 1 is 1.24 bits per heavy atom. The van der Waals surface area contributed by atoms with E-state index in [1.54, 1.807) is 19.1 Å². The lowest BCUT2D eigenvalue weighted by Gasteiger charge is -2.33. The van der Waals surface area contributed by atoms with Crippen LogP contribution in [0.15, 0.2) is 18.2 Å². The van der Waals surface area contributed by atoms with Gasteiger partial charge in [0.05, 0.1) is 11.6 Å². The molecular formula is C22H25N5O2. The molecule has 1 fully saturated rings. The summed E-state index contributed by atoms with van der Waals surface area (Å²) in [6.45, 7) is 3.11. The third-order valence-corrected chi connectivity index (χ3v) is 5.88. The predicted molar refractivity (Wildman–Crippen MR) is 109 cm³/mol. The summed E-state index contributed by atoms with van der Waals surface area (Å²) < 4.78 is 0. The fourth-order valence-corrected chi connectivity index (χ4v) is 4.36. The molecular weight excluding hydrogens is 366 g/mol. The van der Waals surface area contributed by atoms with Crippen LogP contribution in [0.3, 0.4) is 0 Å². The van der Waals surface area contributed by atoms with Crippen molar-refractivity contribution in [3.63, 3.8) is 0 Å². The van der Waals surface area contributed by atoms with E-state index in [1.165, 1.54) is 6.07 Å². The monoisotopic (exact) mass is 391 g/mol. The zero-order valence-electron chi connectivity index (χ0n) is 16.6. The van der Waals surface area contributed by atoms with Gasteiger partial charge in [-0.15, -0.1) is 10.2 Å². The maximum atomic E-state index is 11.7. The Balaban J connectivity index is 1.66. The molecule has 150 valence electrons. The smallest absolute Gasteiger partial charge is 0.219 e. The largest absolute Gasteiger partial charge is 0.507 e. The van der Waals surface area contributed by atoms with Crippen molar-refractivity contribution in [1.82, 2.24) is 15.1 Å². The number of aromatic hydroxyl groups is 1. The highest BCUT2D eigenvalue weighted by Gasteiger charge is 2.26. The van der Waals surface area contributed by atoms with Gasteiger partial charge in [-0.05, 0) is 62.3 Å². The average Bonchev–Trinajstić information content (AvgIpc) is 2.74. The van der Waals surface area contributed by atoms with E-state index in [1.807, 2.05) is 11.0 Å². The molecule has 0 unspecified atom stereocenters. The summed E-state index contributed by atoms with van der Waals surface area (Å²) in [6, 6.07) is 7.11. The van der Waals surface area contributed by atoms with E-state index in [0.29, 0.717) is 23.4 Å². The third kappa shape index (κ3) is 3.88. The first-order valence-corrected chi connectivity index (χ1v) is 10.2. The minimum atomic E-state index is 0.0520. The summed E-state index contributed by atoms with van der Waals surface area (Å²) in [5, 5.41) is 31.9. The zero-order chi connectivity index (χ0) is 20.4. The number of phenolic OH excluding ortho intramolecular Hbond substituents is 1. The quantitative estimate of drug-likeness (QED) is 0.834. The lowest BCUT2D eigenvalue weighted by atomic mass is 9.88. The molecule has 1 saturated heterocycles. The minimum Gasteiger partial charge on any atom is -0.507 e. The molecule has 1 amide bonds. The van der Waals surface area contributed by atoms with Crippen molar-refractivity contribution in [3.05, 3.63) is 34.9 Å². The SMILES string of the molecule is CC(=O)N1CCC[C@@H](Nc2nnc(-c3ccc(C#N)cc3O)c3c2CCCC3)C1. The number of hydrogen-bond acceptors (Lipinski definition) is 6. The summed E-state index contributed by atoms with van der Waals surface area (Å²) in [5.41, 5.74) is 4.00. The first kappa shape index (κ1) is 19.2. The van der Waals surface area contributed by atoms with Crippen molar-refractivity contribution < 1.29 is 9.90 Å². The van der Waals surface area contributed by atoms with Crippen molar-refractivity contribution >= 4 is 11.7 Å². The normalized spacial score (nSPS) is 18.6. The van der Waals surface area contributed by atoms with Crippen LogP contribution in [0.25, 0.3) is 11.3 Å². The van der Waals surface area contributed by atoms with E-state index in [9.17, 15) is 9.90 Å². The van der Waals surface area contributed by atoms with Crippen molar-refractivity contribution in [3.8, 4) is 23.1 Å². The van der Waals surface area contributed by atoms with Crippen molar-refractivity contribution in [2.45, 2.75) is 51.5 Å². The van der Waals surface area contributed by atoms with Gasteiger partial charge in [-0.1, -0.05) is 0 Å². The molecule has 2 aliphatic rings. The molecule has 1 aromatic carbocycles. The lowest BCUT2D eigenvalue weighted by Crippen LogP contribution is -2.44. The van der Waals surface area contributed by atoms with Gasteiger partial charge in [0.2, 0.25) is 5.91 Å². The fourth-order valence-electron chi connectivity index (χ4n) is 4.36. The van der Waals surface area contributed by atoms with E-state index in [-0.39, 0.29) is 17.7 Å². The highest BCUT2D eigenvalue weighted by molar-refractivity contribution is 5.74. The van der Waals surface area contributed by atoms with Crippen LogP contribution < -0.4 is 5.32 Å². The Morgan fingerprint density at radius 3 is 2.76 bits per heavy atom. The van der Waals surface area contributed by atoms with Gasteiger partial charge in [-0.25, -0.2) is 0 Å². The van der Waals surface area contributed by atoms with Gasteiger partial charge in [-0.2, -0.15) is 5.26 Å². The van der Waals surface area contributed by atoms with Crippen LogP contribution in [0.1, 0.15) is 49.3 Å². The first-order valence-electron chi connectivity index (χ1n) is 10.2. The Morgan fingerprint density at radius 2 is 2.03 bits per heavy atom. The van der Waals surface area contributed by atoms with Crippen LogP contribution in [0, 0.1) is 11.3 Å². The number of nitrogens with zero attached hydrogens (tertiary/aromatic N) is 4. The van der Waals surface area contributed by atoms with Crippen LogP contribution in [-0.2, 0) is 17.6 Å². The Bertz CT molecular complexity index is 982. The standard InChI is InChI=1S/C22H25N5O2/c1-14(28)27-10-4-5-16(13-27)24-22-18-7-3-2-6-17(18)21(25-26-22)19-9-8-15(12-23)11-20(19)29/h8-9,11,16,29H,2-7,10,13H2,1H3,(H,24,26)/t16-/m1/s1. The molecule has 2 aromatic rings. The van der Waals surface area contributed by atoms with Gasteiger partial charge < -0.3 is 15.3 Å². The van der Waals surface area contributed by atoms with Gasteiger partial charge in [-0.3, -0.25) is 4.79 Å². The number of likely N-dealkylation sites (tertiary alicyclic amines) is 1. The molecule has 7 heteroatoms. The van der Waals surface area contributed by atoms with Crippen molar-refractivity contribution in [2.24, 2.45) is 0 Å². The number of nitrogens with one attached hydrogen (secondary N) is 1. The van der Waals surface area contributed by atoms with Crippen LogP contribution in [0.5, 0.6) is 5.75 Å². The number of benzene rings is 1. The Hall–Kier alpha value is -3.14. The number of hydrogen-bond donors (Lipinski definition) is 2. The summed E-state index contributed by atoms with van der Waals surface area (Å²) in [5.74, 6) is 0.958. The van der Waals surface area contributed by atoms with Crippen LogP contribution >= 0.6 is 0 Å². The minimum absolute atomic E-state index is 0.0520. The van der Waals surface area contributed by atoms with E-state index >= 15 is 0 Å². The van der Waals surface area contributed by atoms with Crippen LogP contribution in [0.4, 0.5) is 5.82 Å². The van der Waals surface area contributed by atoms with Gasteiger partial charge in [0.15, 0.2) is 5.82 Å². The molecule has 0 bridgehead atoms. The summed E-state index contributed by atoms with van der Waals surface area (Å²) in [6.07, 6.45) is 5.95. The molecule has 0 radical (unpaired) electrons. The van der Waals surface area contributed by atoms with Crippen LogP contribution in [-0.4, -0.2) is 45.2 Å². The highest BCUT2D eigenvalue weighted by atomic mass is 16.3. The van der Waals surface area contributed by atoms with Gasteiger partial charge in [0, 0.05) is 37.2 Å². The molecule has 29 heavy (non-hydrogen) atoms. The maximum absolute atomic E-state index is 11.7. The van der Waals surface area contributed by atoms with Gasteiger partial charge in [0.25, 0.3) is 0 Å². The zero-order valence-corrected chi connectivity index (χ0v) is 16.6. The number of rotatable bonds is 3. The van der Waals surface area contributed by atoms with E-state index < -0.39 is 0 Å². The second kappa shape index (κ2) is 8.08. The van der Waals surface area contributed by atoms with Gasteiger partial charge in [0.1, 0.15) is 11.4 Å². The van der Waals surface area contributed by atoms with E-state index in [0.717, 1.165) is 62.0 Å². The molecule has 7 nitrogen and oxygen atoms in total. The maximum Gasteiger partial charge on any atom is 0.219 e. The van der Waals surface area contributed by atoms with Crippen molar-refractivity contribution in [1.29, 1.82) is 5.26 Å². The Kier molecular flexibility index (Phi) is 5.34. The first-order chi connectivity index (χ1) is 14.1. The number of amides is 1. The average molecular weight is 391 g/mol. The number of carbonyl (C=O) groups is 1. The molecule has 1 atom stereocenters. The molecule has 0 spiro atoms. The topological polar surface area (TPSA) is 102 Å². The lowest BCUT2D eigenvalue weighted by molar-refractivity contribution is -0.129. The van der Waals surface area contributed by atoms with Crippen LogP contribution in [0.2, 0.25) is 0 Å². The predicted octanol–water partition coefficient (Wildman–Crippen LogP) is 3.02. The molecule has 1 aliphatic carbocycles. The van der Waals surface area contributed by atoms with E-state index in [2.05, 4.69) is 15.5 Å². The summed E-state index contributed by atoms with van der Waals surface area (Å²) in [7, 11) is 0. The molecule has 1 aromatic heterocycles. The van der Waals surface area contributed by atoms with E-state index in [4.69, 9.17) is 5.26 Å². The summed E-state index contributed by atoms with van der Waals surface area (Å²) >= 11 is 0. The number of aromatic nitrogens is 2. The molecule has 4 rings (SSSR count). The second-order valence-corrected chi connectivity index (χ2v) is 7.85. The van der Waals surface area contributed by atoms with Crippen molar-refractivity contribution in [2.75, 3.05) is 18.4 Å². The number of fused-ring (bicyclic) bond motifs is 1. The molecule has 2 N–H and O–H groups in total. The number of piperidine rings is 1. The number of nitriles is 1. The number of anilines is 1. The third-order valence-electron chi connectivity index (χ3n) is 5.88. The number of phenols is 1. The molecule has 0 saturated carbocycles. The number of carbonyl (C=O) groups excluding carboxylic acids is 1. The fraction of sp³-hybridized carbons (Fsp3) is 0.455. The van der Waals surface area contributed by atoms with Gasteiger partial charge >= 0.3 is 0 Å². The highest BCUT2D eigenvalue weighted by Crippen LogP contribution is 2.37. The molecule has 1 aliphatic heterocycles.